The van der Waals surface area contributed by atoms with Crippen LogP contribution in [-0.4, -0.2) is 27.2 Å². The fourth-order valence-electron chi connectivity index (χ4n) is 2.59. The summed E-state index contributed by atoms with van der Waals surface area (Å²) in [5.74, 6) is 0.632. The monoisotopic (exact) mass is 343 g/mol. The summed E-state index contributed by atoms with van der Waals surface area (Å²) >= 11 is 3.30. The molecule has 1 aliphatic carbocycles. The molecule has 1 aliphatic rings. The Hall–Kier alpha value is -1.21. The van der Waals surface area contributed by atoms with Gasteiger partial charge >= 0.3 is 5.69 Å². The first kappa shape index (κ1) is 15.2. The van der Waals surface area contributed by atoms with Crippen molar-refractivity contribution in [1.82, 2.24) is 4.98 Å². The van der Waals surface area contributed by atoms with Crippen molar-refractivity contribution in [3.8, 4) is 0 Å². The molecule has 0 bridgehead atoms. The van der Waals surface area contributed by atoms with Crippen LogP contribution in [-0.2, 0) is 0 Å². The van der Waals surface area contributed by atoms with Crippen LogP contribution in [0.15, 0.2) is 16.9 Å². The summed E-state index contributed by atoms with van der Waals surface area (Å²) in [6, 6.07) is 0. The van der Waals surface area contributed by atoms with Gasteiger partial charge in [0.2, 0.25) is 0 Å². The smallest absolute Gasteiger partial charge is 0.311 e. The quantitative estimate of drug-likeness (QED) is 0.647. The molecule has 0 atom stereocenters. The van der Waals surface area contributed by atoms with Crippen LogP contribution in [0.1, 0.15) is 32.6 Å². The fourth-order valence-corrected chi connectivity index (χ4v) is 3.01. The van der Waals surface area contributed by atoms with Gasteiger partial charge < -0.3 is 10.4 Å². The van der Waals surface area contributed by atoms with Crippen LogP contribution in [0, 0.1) is 16.0 Å². The van der Waals surface area contributed by atoms with Gasteiger partial charge in [0, 0.05) is 6.20 Å². The second-order valence-electron chi connectivity index (χ2n) is 5.52. The van der Waals surface area contributed by atoms with Gasteiger partial charge in [-0.15, -0.1) is 0 Å². The van der Waals surface area contributed by atoms with E-state index >= 15 is 0 Å². The van der Waals surface area contributed by atoms with Crippen LogP contribution in [0.4, 0.5) is 11.4 Å². The molecule has 2 N–H and O–H groups in total. The van der Waals surface area contributed by atoms with Crippen molar-refractivity contribution >= 4 is 27.3 Å². The highest BCUT2D eigenvalue weighted by atomic mass is 79.9. The Kier molecular flexibility index (Phi) is 4.59. The van der Waals surface area contributed by atoms with Crippen LogP contribution in [0.2, 0.25) is 0 Å². The summed E-state index contributed by atoms with van der Waals surface area (Å²) in [5.41, 5.74) is -0.166. The minimum atomic E-state index is -0.485. The Morgan fingerprint density at radius 1 is 1.55 bits per heavy atom. The molecular formula is C13H18BrN3O3. The highest BCUT2D eigenvalue weighted by molar-refractivity contribution is 9.10. The fraction of sp³-hybridized carbons (Fsp3) is 0.615. The number of rotatable bonds is 4. The Morgan fingerprint density at radius 2 is 2.20 bits per heavy atom. The highest BCUT2D eigenvalue weighted by Crippen LogP contribution is 2.39. The highest BCUT2D eigenvalue weighted by Gasteiger charge is 2.35. The Morgan fingerprint density at radius 3 is 2.75 bits per heavy atom. The van der Waals surface area contributed by atoms with E-state index in [1.165, 1.54) is 12.4 Å². The number of nitrogens with one attached hydrogen (secondary N) is 1. The molecule has 0 aromatic carbocycles. The Balaban J connectivity index is 2.30. The lowest BCUT2D eigenvalue weighted by Crippen LogP contribution is -2.45. The van der Waals surface area contributed by atoms with E-state index in [1.54, 1.807) is 0 Å². The molecule has 7 heteroatoms. The molecule has 110 valence electrons. The van der Waals surface area contributed by atoms with Gasteiger partial charge in [-0.25, -0.2) is 0 Å². The van der Waals surface area contributed by atoms with Crippen molar-refractivity contribution in [1.29, 1.82) is 0 Å². The van der Waals surface area contributed by atoms with Gasteiger partial charge in [-0.1, -0.05) is 6.92 Å². The van der Waals surface area contributed by atoms with Gasteiger partial charge in [-0.05, 0) is 47.5 Å². The van der Waals surface area contributed by atoms with Crippen LogP contribution >= 0.6 is 15.9 Å². The number of nitrogens with zero attached hydrogens (tertiary/aromatic N) is 2. The third-order valence-electron chi connectivity index (χ3n) is 4.00. The average Bonchev–Trinajstić information content (AvgIpc) is 2.43. The normalized spacial score (nSPS) is 26.2. The third kappa shape index (κ3) is 3.09. The van der Waals surface area contributed by atoms with Gasteiger partial charge in [0.15, 0.2) is 0 Å². The largest absolute Gasteiger partial charge is 0.394 e. The van der Waals surface area contributed by atoms with Crippen molar-refractivity contribution < 1.29 is 10.0 Å². The van der Waals surface area contributed by atoms with Crippen molar-refractivity contribution in [3.63, 3.8) is 0 Å². The second kappa shape index (κ2) is 6.05. The summed E-state index contributed by atoms with van der Waals surface area (Å²) < 4.78 is 0.540. The summed E-state index contributed by atoms with van der Waals surface area (Å²) in [5, 5.41) is 24.1. The Labute approximate surface area is 125 Å². The molecule has 6 nitrogen and oxygen atoms in total. The van der Waals surface area contributed by atoms with Crippen LogP contribution in [0.25, 0.3) is 0 Å². The summed E-state index contributed by atoms with van der Waals surface area (Å²) in [7, 11) is 0. The molecule has 1 heterocycles. The molecule has 0 spiro atoms. The van der Waals surface area contributed by atoms with E-state index in [0.29, 0.717) is 16.1 Å². The molecule has 0 amide bonds. The molecule has 2 rings (SSSR count). The lowest BCUT2D eigenvalue weighted by atomic mass is 9.77. The number of nitro groups is 1. The molecule has 0 unspecified atom stereocenters. The summed E-state index contributed by atoms with van der Waals surface area (Å²) in [6.45, 7) is 2.15. The van der Waals surface area contributed by atoms with Gasteiger partial charge in [0.25, 0.3) is 0 Å². The minimum absolute atomic E-state index is 0.0361. The van der Waals surface area contributed by atoms with Crippen molar-refractivity contribution in [2.45, 2.75) is 38.1 Å². The molecule has 1 aromatic heterocycles. The zero-order chi connectivity index (χ0) is 14.8. The summed E-state index contributed by atoms with van der Waals surface area (Å²) in [4.78, 5) is 14.5. The zero-order valence-electron chi connectivity index (χ0n) is 11.3. The number of hydrogen-bond acceptors (Lipinski definition) is 5. The van der Waals surface area contributed by atoms with Crippen molar-refractivity contribution in [2.24, 2.45) is 5.92 Å². The first-order valence-corrected chi connectivity index (χ1v) is 7.44. The molecule has 0 aliphatic heterocycles. The topological polar surface area (TPSA) is 88.3 Å². The molecule has 1 saturated carbocycles. The number of aliphatic hydroxyl groups is 1. The van der Waals surface area contributed by atoms with E-state index in [2.05, 4.69) is 33.2 Å². The number of halogens is 1. The second-order valence-corrected chi connectivity index (χ2v) is 6.37. The average molecular weight is 344 g/mol. The number of pyridine rings is 1. The molecule has 0 saturated heterocycles. The lowest BCUT2D eigenvalue weighted by Gasteiger charge is -2.39. The first-order chi connectivity index (χ1) is 9.47. The van der Waals surface area contributed by atoms with E-state index in [9.17, 15) is 15.2 Å². The maximum atomic E-state index is 11.1. The predicted molar refractivity (Wildman–Crippen MR) is 79.7 cm³/mol. The SMILES string of the molecule is CC1CCC(CO)(Nc2c(Br)cncc2[N+](=O)[O-])CC1. The zero-order valence-corrected chi connectivity index (χ0v) is 12.9. The van der Waals surface area contributed by atoms with Crippen LogP contribution in [0.5, 0.6) is 0 Å². The maximum Gasteiger partial charge on any atom is 0.311 e. The van der Waals surface area contributed by atoms with Gasteiger partial charge in [-0.2, -0.15) is 0 Å². The van der Waals surface area contributed by atoms with Crippen LogP contribution in [0.3, 0.4) is 0 Å². The number of aromatic nitrogens is 1. The maximum absolute atomic E-state index is 11.1. The molecule has 1 aromatic rings. The molecule has 1 fully saturated rings. The molecule has 0 radical (unpaired) electrons. The van der Waals surface area contributed by atoms with E-state index in [1.807, 2.05) is 0 Å². The van der Waals surface area contributed by atoms with Gasteiger partial charge in [-0.3, -0.25) is 15.1 Å². The van der Waals surface area contributed by atoms with Gasteiger partial charge in [0.1, 0.15) is 11.9 Å². The molecule has 20 heavy (non-hydrogen) atoms. The van der Waals surface area contributed by atoms with Crippen LogP contribution < -0.4 is 5.32 Å². The van der Waals surface area contributed by atoms with E-state index in [4.69, 9.17) is 0 Å². The van der Waals surface area contributed by atoms with E-state index < -0.39 is 10.5 Å². The predicted octanol–water partition coefficient (Wildman–Crippen LogP) is 3.11. The summed E-state index contributed by atoms with van der Waals surface area (Å²) in [6.07, 6.45) is 6.36. The first-order valence-electron chi connectivity index (χ1n) is 6.64. The standard InChI is InChI=1S/C13H18BrN3O3/c1-9-2-4-13(8-18,5-3-9)16-12-10(14)6-15-7-11(12)17(19)20/h6-7,9,18H,2-5,8H2,1H3,(H,15,16). The number of hydrogen-bond donors (Lipinski definition) is 2. The third-order valence-corrected chi connectivity index (χ3v) is 4.60. The van der Waals surface area contributed by atoms with E-state index in [0.717, 1.165) is 25.7 Å². The Bertz CT molecular complexity index is 502. The molecular weight excluding hydrogens is 326 g/mol. The van der Waals surface area contributed by atoms with Crippen molar-refractivity contribution in [3.05, 3.63) is 27.0 Å². The minimum Gasteiger partial charge on any atom is -0.394 e. The number of anilines is 1. The van der Waals surface area contributed by atoms with Crippen molar-refractivity contribution in [2.75, 3.05) is 11.9 Å². The number of aliphatic hydroxyl groups excluding tert-OH is 1. The lowest BCUT2D eigenvalue weighted by molar-refractivity contribution is -0.384. The van der Waals surface area contributed by atoms with E-state index in [-0.39, 0.29) is 12.3 Å². The van der Waals surface area contributed by atoms with Gasteiger partial charge in [0.05, 0.1) is 21.5 Å².